The first-order valence-corrected chi connectivity index (χ1v) is 7.35. The van der Waals surface area contributed by atoms with Crippen LogP contribution in [-0.4, -0.2) is 49.1 Å². The maximum absolute atomic E-state index is 12.6. The van der Waals surface area contributed by atoms with E-state index >= 15 is 0 Å². The molecule has 0 radical (unpaired) electrons. The molecule has 1 N–H and O–H groups in total. The van der Waals surface area contributed by atoms with E-state index in [1.807, 2.05) is 19.1 Å². The van der Waals surface area contributed by atoms with Crippen LogP contribution in [0.4, 0.5) is 0 Å². The second kappa shape index (κ2) is 6.85. The number of benzene rings is 1. The Labute approximate surface area is 126 Å². The SMILES string of the molecule is CCNC(=O)C1COCCN1C(=O)c1ccccc1Br. The van der Waals surface area contributed by atoms with Crippen LogP contribution in [0.25, 0.3) is 0 Å². The number of carbonyl (C=O) groups excluding carboxylic acids is 2. The average Bonchev–Trinajstić information content (AvgIpc) is 2.47. The third kappa shape index (κ3) is 3.19. The Bertz CT molecular complexity index is 507. The molecule has 2 rings (SSSR count). The van der Waals surface area contributed by atoms with Crippen molar-refractivity contribution in [3.05, 3.63) is 34.3 Å². The molecule has 1 heterocycles. The molecule has 1 aromatic rings. The first kappa shape index (κ1) is 15.0. The molecule has 1 atom stereocenters. The molecule has 1 aliphatic rings. The van der Waals surface area contributed by atoms with Gasteiger partial charge in [-0.3, -0.25) is 9.59 Å². The van der Waals surface area contributed by atoms with E-state index in [0.717, 1.165) is 4.47 Å². The third-order valence-electron chi connectivity index (χ3n) is 3.15. The Balaban J connectivity index is 2.22. The van der Waals surface area contributed by atoms with Crippen LogP contribution < -0.4 is 5.32 Å². The van der Waals surface area contributed by atoms with Gasteiger partial charge in [-0.2, -0.15) is 0 Å². The zero-order valence-electron chi connectivity index (χ0n) is 11.3. The van der Waals surface area contributed by atoms with E-state index in [9.17, 15) is 9.59 Å². The Morgan fingerprint density at radius 1 is 1.45 bits per heavy atom. The number of nitrogens with one attached hydrogen (secondary N) is 1. The number of halogens is 1. The molecular formula is C14H17BrN2O3. The van der Waals surface area contributed by atoms with Crippen LogP contribution in [0, 0.1) is 0 Å². The molecule has 0 aromatic heterocycles. The summed E-state index contributed by atoms with van der Waals surface area (Å²) in [6.07, 6.45) is 0. The molecule has 108 valence electrons. The molecule has 1 aromatic carbocycles. The lowest BCUT2D eigenvalue weighted by atomic mass is 10.1. The summed E-state index contributed by atoms with van der Waals surface area (Å²) in [5, 5.41) is 2.74. The first-order chi connectivity index (χ1) is 9.65. The minimum Gasteiger partial charge on any atom is -0.377 e. The summed E-state index contributed by atoms with van der Waals surface area (Å²) in [6, 6.07) is 6.65. The van der Waals surface area contributed by atoms with Crippen molar-refractivity contribution in [2.75, 3.05) is 26.3 Å². The highest BCUT2D eigenvalue weighted by atomic mass is 79.9. The molecule has 0 spiro atoms. The molecule has 0 saturated carbocycles. The van der Waals surface area contributed by atoms with Crippen molar-refractivity contribution < 1.29 is 14.3 Å². The minimum absolute atomic E-state index is 0.156. The summed E-state index contributed by atoms with van der Waals surface area (Å²) in [5.41, 5.74) is 0.559. The lowest BCUT2D eigenvalue weighted by molar-refractivity contribution is -0.130. The molecule has 1 aliphatic heterocycles. The van der Waals surface area contributed by atoms with Gasteiger partial charge in [0.2, 0.25) is 5.91 Å². The van der Waals surface area contributed by atoms with Gasteiger partial charge in [0.1, 0.15) is 6.04 Å². The quantitative estimate of drug-likeness (QED) is 0.905. The van der Waals surface area contributed by atoms with Crippen LogP contribution in [0.15, 0.2) is 28.7 Å². The van der Waals surface area contributed by atoms with Gasteiger partial charge < -0.3 is 15.0 Å². The van der Waals surface area contributed by atoms with Gasteiger partial charge in [0.25, 0.3) is 5.91 Å². The van der Waals surface area contributed by atoms with E-state index in [4.69, 9.17) is 4.74 Å². The van der Waals surface area contributed by atoms with Crippen LogP contribution >= 0.6 is 15.9 Å². The van der Waals surface area contributed by atoms with E-state index < -0.39 is 6.04 Å². The second-order valence-corrected chi connectivity index (χ2v) is 5.32. The second-order valence-electron chi connectivity index (χ2n) is 4.46. The van der Waals surface area contributed by atoms with Crippen molar-refractivity contribution in [3.8, 4) is 0 Å². The van der Waals surface area contributed by atoms with E-state index in [2.05, 4.69) is 21.2 Å². The normalized spacial score (nSPS) is 18.7. The Morgan fingerprint density at radius 2 is 2.20 bits per heavy atom. The molecule has 0 aliphatic carbocycles. The zero-order valence-corrected chi connectivity index (χ0v) is 12.9. The molecular weight excluding hydrogens is 324 g/mol. The minimum atomic E-state index is -0.566. The number of nitrogens with zero attached hydrogens (tertiary/aromatic N) is 1. The van der Waals surface area contributed by atoms with Crippen molar-refractivity contribution in [1.82, 2.24) is 10.2 Å². The van der Waals surface area contributed by atoms with Gasteiger partial charge in [-0.25, -0.2) is 0 Å². The highest BCUT2D eigenvalue weighted by molar-refractivity contribution is 9.10. The van der Waals surface area contributed by atoms with Gasteiger partial charge in [-0.15, -0.1) is 0 Å². The van der Waals surface area contributed by atoms with E-state index in [0.29, 0.717) is 25.3 Å². The molecule has 1 unspecified atom stereocenters. The monoisotopic (exact) mass is 340 g/mol. The molecule has 6 heteroatoms. The summed E-state index contributed by atoms with van der Waals surface area (Å²) in [4.78, 5) is 26.2. The number of ether oxygens (including phenoxy) is 1. The lowest BCUT2D eigenvalue weighted by Gasteiger charge is -2.34. The molecule has 2 amide bonds. The summed E-state index contributed by atoms with van der Waals surface area (Å²) in [5.74, 6) is -0.329. The molecule has 20 heavy (non-hydrogen) atoms. The molecule has 1 saturated heterocycles. The van der Waals surface area contributed by atoms with Crippen molar-refractivity contribution in [2.45, 2.75) is 13.0 Å². The largest absolute Gasteiger partial charge is 0.377 e. The van der Waals surface area contributed by atoms with Crippen molar-refractivity contribution in [3.63, 3.8) is 0 Å². The molecule has 1 fully saturated rings. The van der Waals surface area contributed by atoms with Gasteiger partial charge >= 0.3 is 0 Å². The van der Waals surface area contributed by atoms with Crippen molar-refractivity contribution in [2.24, 2.45) is 0 Å². The number of hydrogen-bond acceptors (Lipinski definition) is 3. The van der Waals surface area contributed by atoms with Gasteiger partial charge in [0.15, 0.2) is 0 Å². The predicted octanol–water partition coefficient (Wildman–Crippen LogP) is 1.43. The zero-order chi connectivity index (χ0) is 14.5. The van der Waals surface area contributed by atoms with Gasteiger partial charge in [0.05, 0.1) is 18.8 Å². The summed E-state index contributed by atoms with van der Waals surface area (Å²) in [7, 11) is 0. The smallest absolute Gasteiger partial charge is 0.255 e. The number of morpholine rings is 1. The maximum atomic E-state index is 12.6. The lowest BCUT2D eigenvalue weighted by Crippen LogP contribution is -2.55. The fraction of sp³-hybridized carbons (Fsp3) is 0.429. The van der Waals surface area contributed by atoms with E-state index in [1.165, 1.54) is 0 Å². The highest BCUT2D eigenvalue weighted by Crippen LogP contribution is 2.20. The van der Waals surface area contributed by atoms with Crippen LogP contribution in [0.1, 0.15) is 17.3 Å². The highest BCUT2D eigenvalue weighted by Gasteiger charge is 2.33. The van der Waals surface area contributed by atoms with Crippen molar-refractivity contribution >= 4 is 27.7 Å². The third-order valence-corrected chi connectivity index (χ3v) is 3.84. The van der Waals surface area contributed by atoms with Crippen LogP contribution in [0.2, 0.25) is 0 Å². The Kier molecular flexibility index (Phi) is 5.14. The van der Waals surface area contributed by atoms with Gasteiger partial charge in [-0.1, -0.05) is 12.1 Å². The summed E-state index contributed by atoms with van der Waals surface area (Å²) < 4.78 is 6.06. The Morgan fingerprint density at radius 3 is 2.90 bits per heavy atom. The fourth-order valence-electron chi connectivity index (χ4n) is 2.15. The number of rotatable bonds is 3. The molecule has 5 nitrogen and oxygen atoms in total. The van der Waals surface area contributed by atoms with Gasteiger partial charge in [0, 0.05) is 17.6 Å². The van der Waals surface area contributed by atoms with Gasteiger partial charge in [-0.05, 0) is 35.0 Å². The molecule has 0 bridgehead atoms. The van der Waals surface area contributed by atoms with Crippen LogP contribution in [0.5, 0.6) is 0 Å². The number of carbonyl (C=O) groups is 2. The standard InChI is InChI=1S/C14H17BrN2O3/c1-2-16-13(18)12-9-20-8-7-17(12)14(19)10-5-3-4-6-11(10)15/h3-6,12H,2,7-9H2,1H3,(H,16,18). The van der Waals surface area contributed by atoms with E-state index in [1.54, 1.807) is 17.0 Å². The predicted molar refractivity (Wildman–Crippen MR) is 78.5 cm³/mol. The maximum Gasteiger partial charge on any atom is 0.255 e. The number of likely N-dealkylation sites (N-methyl/N-ethyl adjacent to an activating group) is 1. The fourth-order valence-corrected chi connectivity index (χ4v) is 2.60. The number of amides is 2. The first-order valence-electron chi connectivity index (χ1n) is 6.56. The average molecular weight is 341 g/mol. The van der Waals surface area contributed by atoms with E-state index in [-0.39, 0.29) is 18.4 Å². The Hall–Kier alpha value is -1.40. The summed E-state index contributed by atoms with van der Waals surface area (Å²) >= 11 is 3.37. The summed E-state index contributed by atoms with van der Waals surface area (Å²) in [6.45, 7) is 3.49. The number of hydrogen-bond donors (Lipinski definition) is 1. The van der Waals surface area contributed by atoms with Crippen LogP contribution in [0.3, 0.4) is 0 Å². The topological polar surface area (TPSA) is 58.6 Å². The van der Waals surface area contributed by atoms with Crippen molar-refractivity contribution in [1.29, 1.82) is 0 Å². The van der Waals surface area contributed by atoms with Crippen LogP contribution in [-0.2, 0) is 9.53 Å².